The number of benzene rings is 3. The molecule has 12 heteroatoms. The highest BCUT2D eigenvalue weighted by Gasteiger charge is 2.36. The van der Waals surface area contributed by atoms with Crippen molar-refractivity contribution < 1.29 is 26.4 Å². The summed E-state index contributed by atoms with van der Waals surface area (Å²) in [4.78, 5) is 12.6. The lowest BCUT2D eigenvalue weighted by Crippen LogP contribution is -2.19. The molecule has 3 aromatic carbocycles. The van der Waals surface area contributed by atoms with E-state index in [-0.39, 0.29) is 26.1 Å². The molecular weight excluding hydrogens is 502 g/mol. The smallest absolute Gasteiger partial charge is 0.322 e. The summed E-state index contributed by atoms with van der Waals surface area (Å²) in [6, 6.07) is 12.7. The van der Waals surface area contributed by atoms with Gasteiger partial charge in [0.05, 0.1) is 32.8 Å². The van der Waals surface area contributed by atoms with Gasteiger partial charge in [0, 0.05) is 16.1 Å². The van der Waals surface area contributed by atoms with Crippen molar-refractivity contribution in [2.45, 2.75) is 11.1 Å². The van der Waals surface area contributed by atoms with Crippen molar-refractivity contribution >= 4 is 55.7 Å². The van der Waals surface area contributed by atoms with E-state index in [1.54, 1.807) is 0 Å². The van der Waals surface area contributed by atoms with Gasteiger partial charge in [0.15, 0.2) is 0 Å². The van der Waals surface area contributed by atoms with Crippen molar-refractivity contribution in [3.05, 3.63) is 88.0 Å². The zero-order chi connectivity index (χ0) is 24.0. The van der Waals surface area contributed by atoms with Crippen LogP contribution in [-0.2, 0) is 16.2 Å². The van der Waals surface area contributed by atoms with Crippen LogP contribution in [0.15, 0.2) is 71.8 Å². The van der Waals surface area contributed by atoms with Crippen molar-refractivity contribution in [3.63, 3.8) is 0 Å². The van der Waals surface area contributed by atoms with Gasteiger partial charge in [-0.15, -0.1) is 0 Å². The van der Waals surface area contributed by atoms with Gasteiger partial charge in [-0.25, -0.2) is 0 Å². The number of nitrogens with zero attached hydrogens (tertiary/aromatic N) is 2. The van der Waals surface area contributed by atoms with Crippen molar-refractivity contribution in [1.82, 2.24) is 9.19 Å². The molecule has 33 heavy (non-hydrogen) atoms. The number of carbonyl (C=O) groups excluding carboxylic acids is 1. The predicted octanol–water partition coefficient (Wildman–Crippen LogP) is 5.85. The standard InChI is InChI=1S/C21H12Cl2F3N3O3S/c22-13-3-1-4-15(9-13)33(31,32)29-18-10-14(8-7-12(18)11-27-29)28-20(30)19-16(21(24,25)26)5-2-6-17(19)23/h1-11H,(H,28,30). The summed E-state index contributed by atoms with van der Waals surface area (Å²) in [5, 5.41) is 6.51. The SMILES string of the molecule is O=C(Nc1ccc2cnn(S(=O)(=O)c3cccc(Cl)c3)c2c1)c1c(Cl)cccc1C(F)(F)F. The summed E-state index contributed by atoms with van der Waals surface area (Å²) < 4.78 is 66.8. The van der Waals surface area contributed by atoms with Gasteiger partial charge in [0.1, 0.15) is 0 Å². The Labute approximate surface area is 195 Å². The van der Waals surface area contributed by atoms with E-state index in [4.69, 9.17) is 23.2 Å². The molecule has 4 aromatic rings. The third-order valence-electron chi connectivity index (χ3n) is 4.66. The second-order valence-electron chi connectivity index (χ2n) is 6.84. The first-order valence-corrected chi connectivity index (χ1v) is 11.3. The maximum atomic E-state index is 13.3. The maximum Gasteiger partial charge on any atom is 0.417 e. The second kappa shape index (κ2) is 8.36. The minimum Gasteiger partial charge on any atom is -0.322 e. The number of halogens is 5. The summed E-state index contributed by atoms with van der Waals surface area (Å²) in [7, 11) is -4.14. The molecule has 0 aliphatic rings. The van der Waals surface area contributed by atoms with Crippen LogP contribution < -0.4 is 5.32 Å². The average Bonchev–Trinajstić information content (AvgIpc) is 3.17. The van der Waals surface area contributed by atoms with Gasteiger partial charge >= 0.3 is 6.18 Å². The topological polar surface area (TPSA) is 81.1 Å². The molecule has 1 aromatic heterocycles. The Balaban J connectivity index is 1.75. The molecule has 0 radical (unpaired) electrons. The number of carbonyl (C=O) groups is 1. The zero-order valence-electron chi connectivity index (χ0n) is 16.3. The first-order valence-electron chi connectivity index (χ1n) is 9.14. The molecule has 1 heterocycles. The van der Waals surface area contributed by atoms with Gasteiger partial charge in [-0.3, -0.25) is 4.79 Å². The van der Waals surface area contributed by atoms with Crippen molar-refractivity contribution in [3.8, 4) is 0 Å². The first-order chi connectivity index (χ1) is 15.5. The summed E-state index contributed by atoms with van der Waals surface area (Å²) >= 11 is 11.8. The number of anilines is 1. The summed E-state index contributed by atoms with van der Waals surface area (Å²) in [6.45, 7) is 0. The van der Waals surface area contributed by atoms with E-state index < -0.39 is 33.2 Å². The molecule has 1 amide bonds. The fourth-order valence-corrected chi connectivity index (χ4v) is 5.01. The van der Waals surface area contributed by atoms with E-state index in [2.05, 4.69) is 10.4 Å². The first kappa shape index (κ1) is 23.1. The Kier molecular flexibility index (Phi) is 5.85. The van der Waals surface area contributed by atoms with Gasteiger partial charge in [-0.1, -0.05) is 35.3 Å². The van der Waals surface area contributed by atoms with E-state index in [0.717, 1.165) is 16.2 Å². The van der Waals surface area contributed by atoms with Crippen LogP contribution in [0.3, 0.4) is 0 Å². The molecule has 0 spiro atoms. The third kappa shape index (κ3) is 4.41. The van der Waals surface area contributed by atoms with Crippen LogP contribution in [0.4, 0.5) is 18.9 Å². The summed E-state index contributed by atoms with van der Waals surface area (Å²) in [6.07, 6.45) is -3.50. The molecule has 0 bridgehead atoms. The molecule has 4 rings (SSSR count). The van der Waals surface area contributed by atoms with E-state index in [9.17, 15) is 26.4 Å². The van der Waals surface area contributed by atoms with Crippen molar-refractivity contribution in [2.75, 3.05) is 5.32 Å². The van der Waals surface area contributed by atoms with Crippen molar-refractivity contribution in [1.29, 1.82) is 0 Å². The molecule has 0 saturated carbocycles. The number of alkyl halides is 3. The lowest BCUT2D eigenvalue weighted by molar-refractivity contribution is -0.137. The van der Waals surface area contributed by atoms with Gasteiger partial charge in [0.25, 0.3) is 15.9 Å². The van der Waals surface area contributed by atoms with Crippen LogP contribution in [-0.4, -0.2) is 23.5 Å². The molecule has 0 unspecified atom stereocenters. The van der Waals surface area contributed by atoms with Crippen LogP contribution in [0.2, 0.25) is 10.0 Å². The number of nitrogens with one attached hydrogen (secondary N) is 1. The molecule has 0 fully saturated rings. The predicted molar refractivity (Wildman–Crippen MR) is 118 cm³/mol. The molecule has 6 nitrogen and oxygen atoms in total. The fourth-order valence-electron chi connectivity index (χ4n) is 3.18. The number of amides is 1. The van der Waals surface area contributed by atoms with Crippen LogP contribution in [0.1, 0.15) is 15.9 Å². The Morgan fingerprint density at radius 1 is 1.00 bits per heavy atom. The Morgan fingerprint density at radius 3 is 2.42 bits per heavy atom. The number of hydrogen-bond acceptors (Lipinski definition) is 4. The normalized spacial score (nSPS) is 12.2. The second-order valence-corrected chi connectivity index (χ2v) is 9.45. The highest BCUT2D eigenvalue weighted by Crippen LogP contribution is 2.35. The largest absolute Gasteiger partial charge is 0.417 e. The fraction of sp³-hybridized carbons (Fsp3) is 0.0476. The van der Waals surface area contributed by atoms with Crippen LogP contribution >= 0.6 is 23.2 Å². The Bertz CT molecular complexity index is 1500. The number of aromatic nitrogens is 2. The van der Waals surface area contributed by atoms with E-state index in [1.807, 2.05) is 0 Å². The molecule has 0 aliphatic heterocycles. The van der Waals surface area contributed by atoms with Gasteiger partial charge in [-0.2, -0.15) is 30.8 Å². The monoisotopic (exact) mass is 513 g/mol. The molecular formula is C21H12Cl2F3N3O3S. The van der Waals surface area contributed by atoms with E-state index >= 15 is 0 Å². The molecule has 0 saturated heterocycles. The number of rotatable bonds is 4. The quantitative estimate of drug-likeness (QED) is 0.371. The molecule has 1 N–H and O–H groups in total. The molecule has 170 valence electrons. The van der Waals surface area contributed by atoms with Crippen molar-refractivity contribution in [2.24, 2.45) is 0 Å². The van der Waals surface area contributed by atoms with Gasteiger partial charge < -0.3 is 5.32 Å². The van der Waals surface area contributed by atoms with Crippen LogP contribution in [0.5, 0.6) is 0 Å². The van der Waals surface area contributed by atoms with E-state index in [0.29, 0.717) is 5.39 Å². The van der Waals surface area contributed by atoms with Gasteiger partial charge in [0.2, 0.25) is 0 Å². The highest BCUT2D eigenvalue weighted by molar-refractivity contribution is 7.90. The summed E-state index contributed by atoms with van der Waals surface area (Å²) in [5.41, 5.74) is -1.79. The van der Waals surface area contributed by atoms with Gasteiger partial charge in [-0.05, 0) is 48.5 Å². The number of fused-ring (bicyclic) bond motifs is 1. The Hall–Kier alpha value is -3.08. The number of hydrogen-bond donors (Lipinski definition) is 1. The molecule has 0 atom stereocenters. The van der Waals surface area contributed by atoms with Crippen LogP contribution in [0.25, 0.3) is 10.9 Å². The molecule has 0 aliphatic carbocycles. The van der Waals surface area contributed by atoms with E-state index in [1.165, 1.54) is 54.7 Å². The zero-order valence-corrected chi connectivity index (χ0v) is 18.6. The third-order valence-corrected chi connectivity index (χ3v) is 6.81. The maximum absolute atomic E-state index is 13.3. The highest BCUT2D eigenvalue weighted by atomic mass is 35.5. The average molecular weight is 514 g/mol. The minimum absolute atomic E-state index is 0.0450. The lowest BCUT2D eigenvalue weighted by Gasteiger charge is -2.14. The lowest BCUT2D eigenvalue weighted by atomic mass is 10.1. The summed E-state index contributed by atoms with van der Waals surface area (Å²) in [5.74, 6) is -1.10. The van der Waals surface area contributed by atoms with Crippen LogP contribution in [0, 0.1) is 0 Å². The minimum atomic E-state index is -4.80. The Morgan fingerprint density at radius 2 is 1.73 bits per heavy atom.